The van der Waals surface area contributed by atoms with E-state index in [9.17, 15) is 4.79 Å². The Morgan fingerprint density at radius 2 is 1.56 bits per heavy atom. The fourth-order valence-corrected chi connectivity index (χ4v) is 2.53. The van der Waals surface area contributed by atoms with E-state index in [1.165, 1.54) is 0 Å². The predicted octanol–water partition coefficient (Wildman–Crippen LogP) is 5.70. The number of ether oxygens (including phenoxy) is 1. The molecule has 0 aromatic heterocycles. The van der Waals surface area contributed by atoms with Crippen LogP contribution in [0.4, 0.5) is 5.69 Å². The highest BCUT2D eigenvalue weighted by Gasteiger charge is 2.09. The van der Waals surface area contributed by atoms with Crippen LogP contribution >= 0.6 is 11.6 Å². The highest BCUT2D eigenvalue weighted by Crippen LogP contribution is 2.30. The normalized spacial score (nSPS) is 10.3. The van der Waals surface area contributed by atoms with E-state index in [0.717, 1.165) is 5.56 Å². The van der Waals surface area contributed by atoms with Crippen molar-refractivity contribution in [3.05, 3.63) is 89.4 Å². The Hall–Kier alpha value is -2.78. The third-order valence-corrected chi connectivity index (χ3v) is 3.94. The molecule has 126 valence electrons. The van der Waals surface area contributed by atoms with Gasteiger partial charge < -0.3 is 10.1 Å². The largest absolute Gasteiger partial charge is 0.455 e. The summed E-state index contributed by atoms with van der Waals surface area (Å²) in [5.74, 6) is 1.21. The first-order chi connectivity index (χ1) is 12.2. The molecule has 0 aliphatic heterocycles. The van der Waals surface area contributed by atoms with Crippen LogP contribution in [0.3, 0.4) is 0 Å². The van der Waals surface area contributed by atoms with Crippen LogP contribution in [0.25, 0.3) is 0 Å². The number of carbonyl (C=O) groups excluding carboxylic acids is 1. The van der Waals surface area contributed by atoms with Crippen LogP contribution in [-0.4, -0.2) is 5.91 Å². The molecule has 3 rings (SSSR count). The predicted molar refractivity (Wildman–Crippen MR) is 101 cm³/mol. The van der Waals surface area contributed by atoms with Gasteiger partial charge in [0.2, 0.25) is 5.91 Å². The van der Waals surface area contributed by atoms with E-state index in [4.69, 9.17) is 16.3 Å². The first-order valence-electron chi connectivity index (χ1n) is 8.07. The molecule has 0 bridgehead atoms. The monoisotopic (exact) mass is 351 g/mol. The van der Waals surface area contributed by atoms with E-state index in [1.54, 1.807) is 24.3 Å². The van der Waals surface area contributed by atoms with Crippen molar-refractivity contribution in [3.8, 4) is 11.5 Å². The van der Waals surface area contributed by atoms with E-state index in [2.05, 4.69) is 5.32 Å². The second kappa shape index (κ2) is 8.36. The Balaban J connectivity index is 1.64. The lowest BCUT2D eigenvalue weighted by Crippen LogP contribution is -2.12. The first kappa shape index (κ1) is 17.1. The summed E-state index contributed by atoms with van der Waals surface area (Å²) >= 11 is 5.89. The van der Waals surface area contributed by atoms with Gasteiger partial charge in [-0.25, -0.2) is 0 Å². The van der Waals surface area contributed by atoms with Crippen LogP contribution in [0.2, 0.25) is 5.02 Å². The van der Waals surface area contributed by atoms with Crippen molar-refractivity contribution >= 4 is 23.2 Å². The maximum absolute atomic E-state index is 12.3. The van der Waals surface area contributed by atoms with E-state index in [-0.39, 0.29) is 5.91 Å². The van der Waals surface area contributed by atoms with Crippen LogP contribution < -0.4 is 10.1 Å². The summed E-state index contributed by atoms with van der Waals surface area (Å²) in [7, 11) is 0. The van der Waals surface area contributed by atoms with Crippen molar-refractivity contribution in [1.29, 1.82) is 0 Å². The molecule has 0 saturated heterocycles. The molecule has 4 heteroatoms. The molecule has 0 aliphatic rings. The number of aryl methyl sites for hydroxylation is 1. The SMILES string of the molecule is O=C(CCc1ccccc1)Nc1ccccc1Oc1ccc(Cl)cc1. The molecular formula is C21H18ClNO2. The van der Waals surface area contributed by atoms with Gasteiger partial charge in [-0.2, -0.15) is 0 Å². The Bertz CT molecular complexity index is 832. The fraction of sp³-hybridized carbons (Fsp3) is 0.0952. The molecule has 0 atom stereocenters. The molecule has 3 nitrogen and oxygen atoms in total. The average Bonchev–Trinajstić information content (AvgIpc) is 2.64. The van der Waals surface area contributed by atoms with Gasteiger partial charge in [-0.1, -0.05) is 54.1 Å². The van der Waals surface area contributed by atoms with Gasteiger partial charge in [0.15, 0.2) is 5.75 Å². The second-order valence-corrected chi connectivity index (χ2v) is 6.02. The van der Waals surface area contributed by atoms with Gasteiger partial charge in [0, 0.05) is 11.4 Å². The molecule has 0 radical (unpaired) electrons. The highest BCUT2D eigenvalue weighted by molar-refractivity contribution is 6.30. The van der Waals surface area contributed by atoms with Crippen molar-refractivity contribution in [3.63, 3.8) is 0 Å². The van der Waals surface area contributed by atoms with Gasteiger partial charge in [0.1, 0.15) is 5.75 Å². The molecule has 1 N–H and O–H groups in total. The molecule has 0 fully saturated rings. The third kappa shape index (κ3) is 5.10. The maximum atomic E-state index is 12.3. The minimum Gasteiger partial charge on any atom is -0.455 e. The lowest BCUT2D eigenvalue weighted by atomic mass is 10.1. The summed E-state index contributed by atoms with van der Waals surface area (Å²) in [6.07, 6.45) is 1.12. The van der Waals surface area contributed by atoms with Gasteiger partial charge >= 0.3 is 0 Å². The molecule has 25 heavy (non-hydrogen) atoms. The van der Waals surface area contributed by atoms with Gasteiger partial charge in [-0.05, 0) is 48.4 Å². The molecule has 3 aromatic carbocycles. The summed E-state index contributed by atoms with van der Waals surface area (Å²) in [6, 6.07) is 24.4. The van der Waals surface area contributed by atoms with E-state index in [1.807, 2.05) is 54.6 Å². The lowest BCUT2D eigenvalue weighted by molar-refractivity contribution is -0.116. The standard InChI is InChI=1S/C21H18ClNO2/c22-17-11-13-18(14-12-17)25-20-9-5-4-8-19(20)23-21(24)15-10-16-6-2-1-3-7-16/h1-9,11-14H,10,15H2,(H,23,24). The summed E-state index contributed by atoms with van der Waals surface area (Å²) in [5.41, 5.74) is 1.79. The third-order valence-electron chi connectivity index (χ3n) is 3.69. The molecular weight excluding hydrogens is 334 g/mol. The number of hydrogen-bond donors (Lipinski definition) is 1. The Morgan fingerprint density at radius 3 is 2.32 bits per heavy atom. The van der Waals surface area contributed by atoms with Crippen molar-refractivity contribution in [1.82, 2.24) is 0 Å². The minimum atomic E-state index is -0.0454. The van der Waals surface area contributed by atoms with Crippen molar-refractivity contribution < 1.29 is 9.53 Å². The van der Waals surface area contributed by atoms with Gasteiger partial charge in [0.25, 0.3) is 0 Å². The number of rotatable bonds is 6. The summed E-state index contributed by atoms with van der Waals surface area (Å²) < 4.78 is 5.85. The zero-order valence-electron chi connectivity index (χ0n) is 13.6. The van der Waals surface area contributed by atoms with Gasteiger partial charge in [-0.15, -0.1) is 0 Å². The number of amides is 1. The smallest absolute Gasteiger partial charge is 0.224 e. The number of anilines is 1. The number of halogens is 1. The molecule has 0 heterocycles. The summed E-state index contributed by atoms with van der Waals surface area (Å²) in [4.78, 5) is 12.3. The Morgan fingerprint density at radius 1 is 0.880 bits per heavy atom. The van der Waals surface area contributed by atoms with Crippen LogP contribution in [0.1, 0.15) is 12.0 Å². The van der Waals surface area contributed by atoms with Crippen LogP contribution in [0.15, 0.2) is 78.9 Å². The quantitative estimate of drug-likeness (QED) is 0.618. The van der Waals surface area contributed by atoms with Crippen molar-refractivity contribution in [2.45, 2.75) is 12.8 Å². The molecule has 0 saturated carbocycles. The summed E-state index contributed by atoms with van der Waals surface area (Å²) in [6.45, 7) is 0. The van der Waals surface area contributed by atoms with Gasteiger partial charge in [-0.3, -0.25) is 4.79 Å². The zero-order valence-corrected chi connectivity index (χ0v) is 14.4. The lowest BCUT2D eigenvalue weighted by Gasteiger charge is -2.12. The zero-order chi connectivity index (χ0) is 17.5. The first-order valence-corrected chi connectivity index (χ1v) is 8.45. The van der Waals surface area contributed by atoms with E-state index >= 15 is 0 Å². The molecule has 3 aromatic rings. The van der Waals surface area contributed by atoms with Gasteiger partial charge in [0.05, 0.1) is 5.69 Å². The number of benzene rings is 3. The topological polar surface area (TPSA) is 38.3 Å². The second-order valence-electron chi connectivity index (χ2n) is 5.59. The van der Waals surface area contributed by atoms with Crippen LogP contribution in [0, 0.1) is 0 Å². The number of carbonyl (C=O) groups is 1. The van der Waals surface area contributed by atoms with Crippen LogP contribution in [-0.2, 0) is 11.2 Å². The fourth-order valence-electron chi connectivity index (χ4n) is 2.40. The number of hydrogen-bond acceptors (Lipinski definition) is 2. The van der Waals surface area contributed by atoms with E-state index < -0.39 is 0 Å². The Labute approximate surface area is 152 Å². The molecule has 1 amide bonds. The van der Waals surface area contributed by atoms with Crippen LogP contribution in [0.5, 0.6) is 11.5 Å². The average molecular weight is 352 g/mol. The highest BCUT2D eigenvalue weighted by atomic mass is 35.5. The minimum absolute atomic E-state index is 0.0454. The molecule has 0 unspecified atom stereocenters. The maximum Gasteiger partial charge on any atom is 0.224 e. The summed E-state index contributed by atoms with van der Waals surface area (Å²) in [5, 5.41) is 3.57. The number of nitrogens with one attached hydrogen (secondary N) is 1. The van der Waals surface area contributed by atoms with E-state index in [0.29, 0.717) is 35.1 Å². The molecule has 0 aliphatic carbocycles. The number of para-hydroxylation sites is 2. The van der Waals surface area contributed by atoms with Crippen molar-refractivity contribution in [2.75, 3.05) is 5.32 Å². The van der Waals surface area contributed by atoms with Crippen molar-refractivity contribution in [2.24, 2.45) is 0 Å². The molecule has 0 spiro atoms. The Kier molecular flexibility index (Phi) is 5.70.